The van der Waals surface area contributed by atoms with Crippen LogP contribution in [0.5, 0.6) is 0 Å². The van der Waals surface area contributed by atoms with Crippen LogP contribution in [-0.4, -0.2) is 41.5 Å². The number of amides is 1. The highest BCUT2D eigenvalue weighted by Crippen LogP contribution is 2.33. The Morgan fingerprint density at radius 1 is 1.31 bits per heavy atom. The van der Waals surface area contributed by atoms with Crippen molar-refractivity contribution in [1.82, 2.24) is 9.88 Å². The van der Waals surface area contributed by atoms with E-state index in [1.54, 1.807) is 0 Å². The molecule has 2 aromatic rings. The molecule has 3 rings (SSSR count). The highest BCUT2D eigenvalue weighted by Gasteiger charge is 2.46. The molecule has 0 saturated carbocycles. The number of alkyl halides is 2. The topological polar surface area (TPSA) is 54.5 Å². The lowest BCUT2D eigenvalue weighted by molar-refractivity contribution is -0.101. The number of carbonyl (C=O) groups is 1. The van der Waals surface area contributed by atoms with Gasteiger partial charge in [0.25, 0.3) is 5.92 Å². The fraction of sp³-hybridized carbons (Fsp3) is 0.400. The van der Waals surface area contributed by atoms with Gasteiger partial charge in [-0.15, -0.1) is 12.4 Å². The maximum atomic E-state index is 14.5. The van der Waals surface area contributed by atoms with Gasteiger partial charge in [0.1, 0.15) is 6.61 Å². The fourth-order valence-corrected chi connectivity index (χ4v) is 3.07. The molecule has 1 atom stereocenters. The van der Waals surface area contributed by atoms with Crippen molar-refractivity contribution < 1.29 is 22.7 Å². The second-order valence-electron chi connectivity index (χ2n) is 6.94. The van der Waals surface area contributed by atoms with Gasteiger partial charge < -0.3 is 15.0 Å². The molecule has 0 spiro atoms. The third-order valence-electron chi connectivity index (χ3n) is 4.80. The summed E-state index contributed by atoms with van der Waals surface area (Å²) in [4.78, 5) is 16.8. The van der Waals surface area contributed by atoms with Crippen LogP contribution in [-0.2, 0) is 11.3 Å². The van der Waals surface area contributed by atoms with E-state index in [-0.39, 0.29) is 44.2 Å². The normalized spacial score (nSPS) is 17.9. The van der Waals surface area contributed by atoms with Crippen LogP contribution in [0.2, 0.25) is 0 Å². The summed E-state index contributed by atoms with van der Waals surface area (Å²) >= 11 is 0. The molecule has 1 saturated heterocycles. The number of nitrogens with zero attached hydrogens (tertiary/aromatic N) is 2. The van der Waals surface area contributed by atoms with Crippen LogP contribution in [0.3, 0.4) is 0 Å². The molecule has 0 unspecified atom stereocenters. The second kappa shape index (κ2) is 9.82. The first-order chi connectivity index (χ1) is 13.3. The van der Waals surface area contributed by atoms with Crippen molar-refractivity contribution in [2.24, 2.45) is 5.92 Å². The Morgan fingerprint density at radius 2 is 2.03 bits per heavy atom. The Balaban J connectivity index is 0.00000300. The van der Waals surface area contributed by atoms with Crippen LogP contribution >= 0.6 is 12.4 Å². The molecule has 1 N–H and O–H groups in total. The number of anilines is 1. The van der Waals surface area contributed by atoms with Crippen LogP contribution in [0.25, 0.3) is 0 Å². The minimum absolute atomic E-state index is 0. The van der Waals surface area contributed by atoms with Crippen molar-refractivity contribution in [3.8, 4) is 0 Å². The average molecular weight is 430 g/mol. The van der Waals surface area contributed by atoms with Crippen molar-refractivity contribution >= 4 is 24.2 Å². The molecule has 0 aliphatic carbocycles. The van der Waals surface area contributed by atoms with Crippen molar-refractivity contribution in [3.63, 3.8) is 0 Å². The number of aromatic nitrogens is 1. The maximum absolute atomic E-state index is 14.5. The Kier molecular flexibility index (Phi) is 7.73. The molecular weight excluding hydrogens is 407 g/mol. The molecule has 29 heavy (non-hydrogen) atoms. The first-order valence-corrected chi connectivity index (χ1v) is 9.03. The number of pyridine rings is 1. The van der Waals surface area contributed by atoms with Crippen LogP contribution in [0.15, 0.2) is 42.7 Å². The predicted molar refractivity (Wildman–Crippen MR) is 106 cm³/mol. The Morgan fingerprint density at radius 3 is 2.69 bits per heavy atom. The summed E-state index contributed by atoms with van der Waals surface area (Å²) in [5.74, 6) is -4.71. The van der Waals surface area contributed by atoms with Gasteiger partial charge in [0, 0.05) is 25.2 Å². The van der Waals surface area contributed by atoms with Gasteiger partial charge in [-0.3, -0.25) is 4.98 Å². The molecule has 1 aliphatic rings. The van der Waals surface area contributed by atoms with E-state index in [0.29, 0.717) is 0 Å². The van der Waals surface area contributed by atoms with E-state index in [1.807, 2.05) is 31.2 Å². The minimum atomic E-state index is -3.10. The lowest BCUT2D eigenvalue weighted by Gasteiger charge is -2.37. The number of hydrogen-bond acceptors (Lipinski definition) is 4. The van der Waals surface area contributed by atoms with Crippen molar-refractivity contribution in [2.75, 3.05) is 25.0 Å². The van der Waals surface area contributed by atoms with Crippen LogP contribution in [0.4, 0.5) is 23.7 Å². The smallest absolute Gasteiger partial charge is 0.410 e. The SMILES string of the molecule is Cc1ccc(COC(=O)N2CC[C@H](CNc3ccncc3F)C(F)(F)C2)cc1.Cl. The summed E-state index contributed by atoms with van der Waals surface area (Å²) in [5, 5.41) is 2.70. The molecule has 0 radical (unpaired) electrons. The van der Waals surface area contributed by atoms with Gasteiger partial charge in [-0.05, 0) is 25.0 Å². The summed E-state index contributed by atoms with van der Waals surface area (Å²) in [5.41, 5.74) is 2.01. The van der Waals surface area contributed by atoms with Gasteiger partial charge in [0.2, 0.25) is 0 Å². The molecule has 1 amide bonds. The van der Waals surface area contributed by atoms with Gasteiger partial charge in [-0.2, -0.15) is 0 Å². The molecule has 5 nitrogen and oxygen atoms in total. The number of carbonyl (C=O) groups excluding carboxylic acids is 1. The molecule has 0 bridgehead atoms. The van der Waals surface area contributed by atoms with Gasteiger partial charge in [-0.25, -0.2) is 18.0 Å². The summed E-state index contributed by atoms with van der Waals surface area (Å²) in [6.07, 6.45) is 1.74. The zero-order valence-corrected chi connectivity index (χ0v) is 16.7. The fourth-order valence-electron chi connectivity index (χ4n) is 3.07. The van der Waals surface area contributed by atoms with E-state index >= 15 is 0 Å². The lowest BCUT2D eigenvalue weighted by Crippen LogP contribution is -2.52. The van der Waals surface area contributed by atoms with Crippen LogP contribution in [0, 0.1) is 18.7 Å². The number of likely N-dealkylation sites (tertiary alicyclic amines) is 1. The minimum Gasteiger partial charge on any atom is -0.445 e. The summed E-state index contributed by atoms with van der Waals surface area (Å²) in [6.45, 7) is 1.33. The monoisotopic (exact) mass is 429 g/mol. The quantitative estimate of drug-likeness (QED) is 0.751. The van der Waals surface area contributed by atoms with E-state index in [0.717, 1.165) is 22.2 Å². The van der Waals surface area contributed by atoms with Gasteiger partial charge >= 0.3 is 6.09 Å². The highest BCUT2D eigenvalue weighted by atomic mass is 35.5. The molecule has 1 aromatic heterocycles. The lowest BCUT2D eigenvalue weighted by atomic mass is 9.93. The third-order valence-corrected chi connectivity index (χ3v) is 4.80. The standard InChI is InChI=1S/C20H22F3N3O2.ClH/c1-14-2-4-15(5-3-14)12-28-19(27)26-9-7-16(20(22,23)13-26)10-25-18-6-8-24-11-17(18)21;/h2-6,8,11,16H,7,9-10,12-13H2,1H3,(H,24,25);1H/t16-;/m1./s1. The van der Waals surface area contributed by atoms with Crippen LogP contribution in [0.1, 0.15) is 17.5 Å². The zero-order chi connectivity index (χ0) is 20.1. The molecule has 9 heteroatoms. The number of aryl methyl sites for hydroxylation is 1. The number of nitrogens with one attached hydrogen (secondary N) is 1. The largest absolute Gasteiger partial charge is 0.445 e. The molecule has 1 aliphatic heterocycles. The van der Waals surface area contributed by atoms with Gasteiger partial charge in [0.05, 0.1) is 18.4 Å². The second-order valence-corrected chi connectivity index (χ2v) is 6.94. The van der Waals surface area contributed by atoms with E-state index in [9.17, 15) is 18.0 Å². The number of ether oxygens (including phenoxy) is 1. The first kappa shape index (κ1) is 22.8. The van der Waals surface area contributed by atoms with Crippen molar-refractivity contribution in [3.05, 3.63) is 59.7 Å². The van der Waals surface area contributed by atoms with E-state index in [1.165, 1.54) is 12.3 Å². The molecular formula is C20H23ClF3N3O2. The molecule has 1 fully saturated rings. The summed E-state index contributed by atoms with van der Waals surface area (Å²) in [7, 11) is 0. The molecule has 158 valence electrons. The van der Waals surface area contributed by atoms with Crippen LogP contribution < -0.4 is 5.32 Å². The average Bonchev–Trinajstić information content (AvgIpc) is 2.67. The Bertz CT molecular complexity index is 821. The predicted octanol–water partition coefficient (Wildman–Crippen LogP) is 4.66. The summed E-state index contributed by atoms with van der Waals surface area (Å²) in [6, 6.07) is 8.83. The Hall–Kier alpha value is -2.48. The molecule has 1 aromatic carbocycles. The number of rotatable bonds is 5. The van der Waals surface area contributed by atoms with E-state index < -0.39 is 30.3 Å². The number of halogens is 4. The van der Waals surface area contributed by atoms with E-state index in [2.05, 4.69) is 10.3 Å². The third kappa shape index (κ3) is 6.00. The zero-order valence-electron chi connectivity index (χ0n) is 15.9. The van der Waals surface area contributed by atoms with Gasteiger partial charge in [-0.1, -0.05) is 29.8 Å². The van der Waals surface area contributed by atoms with Crippen molar-refractivity contribution in [1.29, 1.82) is 0 Å². The number of benzene rings is 1. The molecule has 2 heterocycles. The number of hydrogen-bond donors (Lipinski definition) is 1. The van der Waals surface area contributed by atoms with E-state index in [4.69, 9.17) is 4.74 Å². The first-order valence-electron chi connectivity index (χ1n) is 9.03. The van der Waals surface area contributed by atoms with Gasteiger partial charge in [0.15, 0.2) is 5.82 Å². The Labute approximate surface area is 173 Å². The summed E-state index contributed by atoms with van der Waals surface area (Å²) < 4.78 is 47.7. The highest BCUT2D eigenvalue weighted by molar-refractivity contribution is 5.85. The maximum Gasteiger partial charge on any atom is 0.410 e. The number of piperidine rings is 1. The van der Waals surface area contributed by atoms with Crippen molar-refractivity contribution in [2.45, 2.75) is 25.9 Å².